The minimum Gasteiger partial charge on any atom is -0.491 e. The second-order valence-corrected chi connectivity index (χ2v) is 8.27. The number of amides is 4. The molecule has 0 aliphatic carbocycles. The lowest BCUT2D eigenvalue weighted by Gasteiger charge is -2.26. The van der Waals surface area contributed by atoms with E-state index in [1.165, 1.54) is 0 Å². The summed E-state index contributed by atoms with van der Waals surface area (Å²) in [6.45, 7) is 3.77. The number of aliphatic hydroxyl groups is 1. The highest BCUT2D eigenvalue weighted by atomic mass is 16.5. The number of nitrogens with zero attached hydrogens (tertiary/aromatic N) is 1. The summed E-state index contributed by atoms with van der Waals surface area (Å²) >= 11 is 0. The maximum absolute atomic E-state index is 13.0. The van der Waals surface area contributed by atoms with E-state index in [-0.39, 0.29) is 24.5 Å². The highest BCUT2D eigenvalue weighted by Crippen LogP contribution is 2.18. The lowest BCUT2D eigenvalue weighted by Crippen LogP contribution is -2.53. The third kappa shape index (κ3) is 8.19. The number of carbonyl (C=O) groups excluding carboxylic acids is 4. The van der Waals surface area contributed by atoms with Crippen LogP contribution in [-0.4, -0.2) is 105 Å². The molecule has 2 aliphatic heterocycles. The predicted molar refractivity (Wildman–Crippen MR) is 125 cm³/mol. The van der Waals surface area contributed by atoms with Gasteiger partial charge in [0, 0.05) is 19.6 Å². The Labute approximate surface area is 203 Å². The van der Waals surface area contributed by atoms with Crippen molar-refractivity contribution in [3.05, 3.63) is 29.8 Å². The van der Waals surface area contributed by atoms with Crippen LogP contribution in [0, 0.1) is 0 Å². The predicted octanol–water partition coefficient (Wildman–Crippen LogP) is -2.00. The molecule has 192 valence electrons. The molecule has 1 aromatic carbocycles. The van der Waals surface area contributed by atoms with Gasteiger partial charge in [0.2, 0.25) is 17.7 Å². The molecule has 2 heterocycles. The zero-order valence-electron chi connectivity index (χ0n) is 19.6. The summed E-state index contributed by atoms with van der Waals surface area (Å²) in [5, 5.41) is 19.9. The number of carbonyl (C=O) groups is 4. The monoisotopic (exact) mass is 491 g/mol. The second-order valence-electron chi connectivity index (χ2n) is 8.27. The molecular weight excluding hydrogens is 458 g/mol. The third-order valence-corrected chi connectivity index (χ3v) is 5.69. The molecule has 0 radical (unpaired) electrons. The van der Waals surface area contributed by atoms with Crippen molar-refractivity contribution in [3.63, 3.8) is 0 Å². The first-order valence-corrected chi connectivity index (χ1v) is 11.8. The second kappa shape index (κ2) is 13.6. The molecule has 12 nitrogen and oxygen atoms in total. The Balaban J connectivity index is 1.68. The van der Waals surface area contributed by atoms with Gasteiger partial charge in [-0.1, -0.05) is 12.1 Å². The van der Waals surface area contributed by atoms with Gasteiger partial charge < -0.3 is 35.8 Å². The third-order valence-electron chi connectivity index (χ3n) is 5.69. The van der Waals surface area contributed by atoms with Gasteiger partial charge in [-0.2, -0.15) is 0 Å². The van der Waals surface area contributed by atoms with E-state index in [1.807, 2.05) is 0 Å². The number of ether oxygens (including phenoxy) is 2. The van der Waals surface area contributed by atoms with Gasteiger partial charge in [-0.15, -0.1) is 0 Å². The van der Waals surface area contributed by atoms with Crippen molar-refractivity contribution in [1.29, 1.82) is 0 Å². The number of hydrogen-bond acceptors (Lipinski definition) is 8. The van der Waals surface area contributed by atoms with E-state index in [9.17, 15) is 24.3 Å². The van der Waals surface area contributed by atoms with Crippen LogP contribution in [-0.2, 0) is 19.1 Å². The molecule has 1 fully saturated rings. The van der Waals surface area contributed by atoms with E-state index >= 15 is 0 Å². The highest BCUT2D eigenvalue weighted by Gasteiger charge is 2.28. The minimum absolute atomic E-state index is 0.0647. The standard InChI is InChI=1S/C23H33N5O7/c29-15-18-23(33)25-7-11-35-19-5-2-1-4-16(19)21(31)27-17(14-20(30)26-18)22(32)24-6-3-8-28-9-12-34-13-10-28/h1-2,4-5,17-18,29H,3,6-15H2,(H,24,32)(H,25,33)(H,26,30)(H,27,31)/t17-,18-/m0/s1. The van der Waals surface area contributed by atoms with Gasteiger partial charge in [0.15, 0.2) is 0 Å². The number of hydrogen-bond donors (Lipinski definition) is 5. The first-order valence-electron chi connectivity index (χ1n) is 11.8. The van der Waals surface area contributed by atoms with E-state index in [0.717, 1.165) is 19.6 Å². The fourth-order valence-electron chi connectivity index (χ4n) is 3.78. The molecule has 1 aromatic rings. The maximum Gasteiger partial charge on any atom is 0.255 e. The topological polar surface area (TPSA) is 158 Å². The van der Waals surface area contributed by atoms with Crippen LogP contribution in [0.25, 0.3) is 0 Å². The summed E-state index contributed by atoms with van der Waals surface area (Å²) in [4.78, 5) is 53.0. The number of nitrogens with one attached hydrogen (secondary N) is 4. The van der Waals surface area contributed by atoms with Crippen LogP contribution in [0.3, 0.4) is 0 Å². The van der Waals surface area contributed by atoms with Gasteiger partial charge in [0.05, 0.1) is 38.3 Å². The molecule has 0 bridgehead atoms. The van der Waals surface area contributed by atoms with Gasteiger partial charge in [0.1, 0.15) is 24.4 Å². The largest absolute Gasteiger partial charge is 0.491 e. The molecule has 4 amide bonds. The molecule has 12 heteroatoms. The van der Waals surface area contributed by atoms with E-state index in [1.54, 1.807) is 24.3 Å². The molecule has 2 atom stereocenters. The van der Waals surface area contributed by atoms with Crippen LogP contribution in [0.4, 0.5) is 0 Å². The molecule has 35 heavy (non-hydrogen) atoms. The fourth-order valence-corrected chi connectivity index (χ4v) is 3.78. The minimum atomic E-state index is -1.19. The Kier molecular flexibility index (Phi) is 10.3. The van der Waals surface area contributed by atoms with Gasteiger partial charge in [-0.3, -0.25) is 24.1 Å². The highest BCUT2D eigenvalue weighted by molar-refractivity contribution is 6.01. The quantitative estimate of drug-likeness (QED) is 0.286. The van der Waals surface area contributed by atoms with Gasteiger partial charge in [-0.05, 0) is 25.1 Å². The molecule has 1 saturated heterocycles. The lowest BCUT2D eigenvalue weighted by molar-refractivity contribution is -0.131. The number of rotatable bonds is 6. The van der Waals surface area contributed by atoms with Crippen LogP contribution in [0.2, 0.25) is 0 Å². The summed E-state index contributed by atoms with van der Waals surface area (Å²) in [5.41, 5.74) is 0.203. The summed E-state index contributed by atoms with van der Waals surface area (Å²) in [5.74, 6) is -2.05. The lowest BCUT2D eigenvalue weighted by atomic mass is 10.1. The normalized spacial score (nSPS) is 22.5. The summed E-state index contributed by atoms with van der Waals surface area (Å²) in [7, 11) is 0. The smallest absolute Gasteiger partial charge is 0.255 e. The zero-order valence-corrected chi connectivity index (χ0v) is 19.6. The van der Waals surface area contributed by atoms with Crippen LogP contribution in [0.5, 0.6) is 5.75 Å². The maximum atomic E-state index is 13.0. The molecule has 3 rings (SSSR count). The molecule has 0 saturated carbocycles. The van der Waals surface area contributed by atoms with Crippen molar-refractivity contribution in [3.8, 4) is 5.75 Å². The number of para-hydroxylation sites is 1. The van der Waals surface area contributed by atoms with E-state index in [0.29, 0.717) is 26.2 Å². The van der Waals surface area contributed by atoms with Crippen molar-refractivity contribution in [2.75, 3.05) is 59.2 Å². The van der Waals surface area contributed by atoms with Crippen LogP contribution in [0.15, 0.2) is 24.3 Å². The fraction of sp³-hybridized carbons (Fsp3) is 0.565. The van der Waals surface area contributed by atoms with Crippen molar-refractivity contribution >= 4 is 23.6 Å². The first-order chi connectivity index (χ1) is 17.0. The Morgan fingerprint density at radius 3 is 2.66 bits per heavy atom. The number of benzene rings is 1. The Bertz CT molecular complexity index is 891. The van der Waals surface area contributed by atoms with E-state index in [4.69, 9.17) is 9.47 Å². The molecular formula is C23H33N5O7. The number of morpholine rings is 1. The summed E-state index contributed by atoms with van der Waals surface area (Å²) in [6, 6.07) is 4.13. The van der Waals surface area contributed by atoms with E-state index < -0.39 is 48.7 Å². The van der Waals surface area contributed by atoms with Gasteiger partial charge >= 0.3 is 0 Å². The number of aliphatic hydroxyl groups excluding tert-OH is 1. The Hall–Kier alpha value is -3.22. The Morgan fingerprint density at radius 1 is 1.11 bits per heavy atom. The van der Waals surface area contributed by atoms with Crippen molar-refractivity contribution < 1.29 is 33.8 Å². The van der Waals surface area contributed by atoms with Crippen molar-refractivity contribution in [2.24, 2.45) is 0 Å². The first kappa shape index (κ1) is 26.4. The van der Waals surface area contributed by atoms with Crippen LogP contribution in [0.1, 0.15) is 23.2 Å². The molecule has 2 aliphatic rings. The average molecular weight is 492 g/mol. The van der Waals surface area contributed by atoms with Crippen molar-refractivity contribution in [1.82, 2.24) is 26.2 Å². The van der Waals surface area contributed by atoms with Gasteiger partial charge in [0.25, 0.3) is 5.91 Å². The molecule has 0 unspecified atom stereocenters. The Morgan fingerprint density at radius 2 is 1.89 bits per heavy atom. The summed E-state index contributed by atoms with van der Waals surface area (Å²) < 4.78 is 11.0. The summed E-state index contributed by atoms with van der Waals surface area (Å²) in [6.07, 6.45) is 0.288. The van der Waals surface area contributed by atoms with Crippen LogP contribution >= 0.6 is 0 Å². The van der Waals surface area contributed by atoms with Crippen molar-refractivity contribution in [2.45, 2.75) is 24.9 Å². The SMILES string of the molecule is O=C1C[C@@H](C(=O)NCCCN2CCOCC2)NC(=O)c2ccccc2OCCNC(=O)[C@H](CO)N1. The molecule has 0 aromatic heterocycles. The van der Waals surface area contributed by atoms with Gasteiger partial charge in [-0.25, -0.2) is 0 Å². The zero-order chi connectivity index (χ0) is 25.0. The molecule has 5 N–H and O–H groups in total. The van der Waals surface area contributed by atoms with E-state index in [2.05, 4.69) is 26.2 Å². The molecule has 0 spiro atoms. The average Bonchev–Trinajstić information content (AvgIpc) is 2.87. The number of fused-ring (bicyclic) bond motifs is 1. The van der Waals surface area contributed by atoms with Crippen LogP contribution < -0.4 is 26.0 Å².